The molecule has 15 heavy (non-hydrogen) atoms. The predicted molar refractivity (Wildman–Crippen MR) is 65.8 cm³/mol. The van der Waals surface area contributed by atoms with Gasteiger partial charge in [0.05, 0.1) is 7.11 Å². The zero-order chi connectivity index (χ0) is 11.1. The Morgan fingerprint density at radius 1 is 1.47 bits per heavy atom. The van der Waals surface area contributed by atoms with Crippen molar-refractivity contribution >= 4 is 28.3 Å². The number of hydrogen-bond acceptors (Lipinski definition) is 2. The first-order chi connectivity index (χ1) is 7.31. The molecule has 0 N–H and O–H groups in total. The fourth-order valence-electron chi connectivity index (χ4n) is 1.23. The van der Waals surface area contributed by atoms with Gasteiger partial charge < -0.3 is 4.74 Å². The summed E-state index contributed by atoms with van der Waals surface area (Å²) >= 11 is 3.35. The van der Waals surface area contributed by atoms with Crippen LogP contribution >= 0.6 is 15.9 Å². The summed E-state index contributed by atoms with van der Waals surface area (Å²) in [4.78, 5) is 10.6. The number of carbonyl (C=O) groups is 1. The Morgan fingerprint density at radius 2 is 2.27 bits per heavy atom. The van der Waals surface area contributed by atoms with E-state index in [1.165, 1.54) is 0 Å². The van der Waals surface area contributed by atoms with E-state index in [9.17, 15) is 4.79 Å². The highest BCUT2D eigenvalue weighted by Gasteiger charge is 2.00. The summed E-state index contributed by atoms with van der Waals surface area (Å²) in [6, 6.07) is 5.36. The van der Waals surface area contributed by atoms with Gasteiger partial charge in [-0.2, -0.15) is 0 Å². The van der Waals surface area contributed by atoms with Gasteiger partial charge >= 0.3 is 0 Å². The van der Waals surface area contributed by atoms with E-state index in [-0.39, 0.29) is 0 Å². The number of aldehydes is 1. The molecule has 0 unspecified atom stereocenters. The molecule has 0 amide bonds. The molecule has 0 aliphatic rings. The van der Waals surface area contributed by atoms with Gasteiger partial charge in [-0.1, -0.05) is 28.1 Å². The van der Waals surface area contributed by atoms with Crippen LogP contribution in [0.2, 0.25) is 0 Å². The Kier molecular flexibility index (Phi) is 5.12. The zero-order valence-electron chi connectivity index (χ0n) is 8.57. The lowest BCUT2D eigenvalue weighted by atomic mass is 10.1. The number of ether oxygens (including phenoxy) is 1. The summed E-state index contributed by atoms with van der Waals surface area (Å²) in [6.07, 6.45) is 5.80. The Hall–Kier alpha value is -1.09. The number of allylic oxidation sites excluding steroid dienone is 1. The Labute approximate surface area is 98.1 Å². The Morgan fingerprint density at radius 3 is 2.87 bits per heavy atom. The Bertz CT molecular complexity index is 359. The van der Waals surface area contributed by atoms with Crippen molar-refractivity contribution < 1.29 is 9.53 Å². The van der Waals surface area contributed by atoms with Gasteiger partial charge in [-0.15, -0.1) is 0 Å². The van der Waals surface area contributed by atoms with E-state index < -0.39 is 0 Å². The molecule has 0 saturated heterocycles. The number of alkyl halides is 1. The topological polar surface area (TPSA) is 26.3 Å². The van der Waals surface area contributed by atoms with Crippen LogP contribution in [0.3, 0.4) is 0 Å². The van der Waals surface area contributed by atoms with Crippen LogP contribution in [0.15, 0.2) is 24.3 Å². The van der Waals surface area contributed by atoms with Crippen molar-refractivity contribution in [3.63, 3.8) is 0 Å². The second-order valence-electron chi connectivity index (χ2n) is 3.00. The molecule has 0 saturated carbocycles. The zero-order valence-corrected chi connectivity index (χ0v) is 10.2. The minimum atomic E-state index is 0.661. The molecule has 0 heterocycles. The normalized spacial score (nSPS) is 10.5. The first-order valence-electron chi connectivity index (χ1n) is 4.67. The van der Waals surface area contributed by atoms with Gasteiger partial charge in [0.2, 0.25) is 0 Å². The Balaban J connectivity index is 2.95. The van der Waals surface area contributed by atoms with Gasteiger partial charge in [-0.25, -0.2) is 0 Å². The molecule has 1 aromatic rings. The third-order valence-corrected chi connectivity index (χ3v) is 2.42. The molecule has 1 rings (SSSR count). The largest absolute Gasteiger partial charge is 0.496 e. The maximum Gasteiger partial charge on any atom is 0.150 e. The highest BCUT2D eigenvalue weighted by Crippen LogP contribution is 2.20. The second-order valence-corrected chi connectivity index (χ2v) is 3.79. The highest BCUT2D eigenvalue weighted by atomic mass is 79.9. The van der Waals surface area contributed by atoms with Crippen LogP contribution in [-0.2, 0) is 0 Å². The third kappa shape index (κ3) is 3.51. The molecule has 1 aromatic carbocycles. The van der Waals surface area contributed by atoms with E-state index in [1.54, 1.807) is 19.2 Å². The molecule has 0 atom stereocenters. The van der Waals surface area contributed by atoms with Crippen molar-refractivity contribution in [1.82, 2.24) is 0 Å². The average Bonchev–Trinajstić information content (AvgIpc) is 2.29. The fourth-order valence-corrected chi connectivity index (χ4v) is 1.49. The van der Waals surface area contributed by atoms with Gasteiger partial charge in [0, 0.05) is 16.5 Å². The van der Waals surface area contributed by atoms with E-state index in [4.69, 9.17) is 4.74 Å². The average molecular weight is 269 g/mol. The van der Waals surface area contributed by atoms with Crippen molar-refractivity contribution in [3.05, 3.63) is 35.4 Å². The second kappa shape index (κ2) is 6.40. The minimum absolute atomic E-state index is 0.661. The molecule has 0 bridgehead atoms. The number of methoxy groups -OCH3 is 1. The number of halogens is 1. The van der Waals surface area contributed by atoms with Crippen molar-refractivity contribution in [2.45, 2.75) is 6.42 Å². The van der Waals surface area contributed by atoms with Crippen molar-refractivity contribution in [2.24, 2.45) is 0 Å². The molecule has 80 valence electrons. The number of rotatable bonds is 5. The summed E-state index contributed by atoms with van der Waals surface area (Å²) in [5.74, 6) is 0.784. The first kappa shape index (κ1) is 12.0. The molecular formula is C12H13BrO2. The van der Waals surface area contributed by atoms with Gasteiger partial charge in [0.1, 0.15) is 12.0 Å². The van der Waals surface area contributed by atoms with Crippen LogP contribution in [0.4, 0.5) is 0 Å². The summed E-state index contributed by atoms with van der Waals surface area (Å²) in [7, 11) is 1.62. The lowest BCUT2D eigenvalue weighted by molar-refractivity contribution is 0.112. The van der Waals surface area contributed by atoms with Crippen LogP contribution < -0.4 is 4.74 Å². The van der Waals surface area contributed by atoms with E-state index in [2.05, 4.69) is 15.9 Å². The van der Waals surface area contributed by atoms with Crippen molar-refractivity contribution in [2.75, 3.05) is 12.4 Å². The van der Waals surface area contributed by atoms with Crippen molar-refractivity contribution in [3.8, 4) is 5.75 Å². The molecular weight excluding hydrogens is 256 g/mol. The van der Waals surface area contributed by atoms with Gasteiger partial charge in [0.15, 0.2) is 0 Å². The number of benzene rings is 1. The van der Waals surface area contributed by atoms with E-state index in [1.807, 2.05) is 18.2 Å². The fraction of sp³-hybridized carbons (Fsp3) is 0.250. The smallest absolute Gasteiger partial charge is 0.150 e. The minimum Gasteiger partial charge on any atom is -0.496 e. The summed E-state index contributed by atoms with van der Waals surface area (Å²) in [5, 5.41) is 0.930. The molecule has 0 spiro atoms. The SMILES string of the molecule is COc1ccc(C=O)cc1C=CCCBr. The molecule has 2 nitrogen and oxygen atoms in total. The van der Waals surface area contributed by atoms with Crippen LogP contribution in [-0.4, -0.2) is 18.7 Å². The lowest BCUT2D eigenvalue weighted by Gasteiger charge is -2.04. The monoisotopic (exact) mass is 268 g/mol. The maximum atomic E-state index is 10.6. The highest BCUT2D eigenvalue weighted by molar-refractivity contribution is 9.09. The maximum absolute atomic E-state index is 10.6. The standard InChI is InChI=1S/C12H13BrO2/c1-15-12-6-5-10(9-14)8-11(12)4-2-3-7-13/h2,4-6,8-9H,3,7H2,1H3. The number of hydrogen-bond donors (Lipinski definition) is 0. The van der Waals surface area contributed by atoms with Crippen LogP contribution in [0.25, 0.3) is 6.08 Å². The molecule has 0 radical (unpaired) electrons. The molecule has 3 heteroatoms. The van der Waals surface area contributed by atoms with Gasteiger partial charge in [-0.3, -0.25) is 4.79 Å². The van der Waals surface area contributed by atoms with Crippen molar-refractivity contribution in [1.29, 1.82) is 0 Å². The third-order valence-electron chi connectivity index (χ3n) is 1.96. The molecule has 0 aliphatic carbocycles. The van der Waals surface area contributed by atoms with E-state index in [0.717, 1.165) is 29.4 Å². The summed E-state index contributed by atoms with van der Waals surface area (Å²) in [5.41, 5.74) is 1.59. The molecule has 0 aromatic heterocycles. The van der Waals surface area contributed by atoms with E-state index >= 15 is 0 Å². The van der Waals surface area contributed by atoms with Gasteiger partial charge in [0.25, 0.3) is 0 Å². The first-order valence-corrected chi connectivity index (χ1v) is 5.79. The predicted octanol–water partition coefficient (Wildman–Crippen LogP) is 3.31. The van der Waals surface area contributed by atoms with Crippen LogP contribution in [0.5, 0.6) is 5.75 Å². The van der Waals surface area contributed by atoms with Crippen LogP contribution in [0.1, 0.15) is 22.3 Å². The summed E-state index contributed by atoms with van der Waals surface area (Å²) < 4.78 is 5.20. The van der Waals surface area contributed by atoms with E-state index in [0.29, 0.717) is 5.56 Å². The summed E-state index contributed by atoms with van der Waals surface area (Å²) in [6.45, 7) is 0. The lowest BCUT2D eigenvalue weighted by Crippen LogP contribution is -1.89. The quantitative estimate of drug-likeness (QED) is 0.605. The van der Waals surface area contributed by atoms with Crippen LogP contribution in [0, 0.1) is 0 Å². The molecule has 0 aliphatic heterocycles. The van der Waals surface area contributed by atoms with Gasteiger partial charge in [-0.05, 0) is 24.6 Å². The molecule has 0 fully saturated rings. The number of carbonyl (C=O) groups excluding carboxylic acids is 1.